The van der Waals surface area contributed by atoms with E-state index in [1.165, 1.54) is 19.3 Å². The van der Waals surface area contributed by atoms with Crippen LogP contribution in [0.5, 0.6) is 5.75 Å². The van der Waals surface area contributed by atoms with Gasteiger partial charge in [-0.05, 0) is 37.0 Å². The van der Waals surface area contributed by atoms with E-state index in [1.807, 2.05) is 24.3 Å². The second-order valence-electron chi connectivity index (χ2n) is 6.45. The highest BCUT2D eigenvalue weighted by Crippen LogP contribution is 2.34. The van der Waals surface area contributed by atoms with Crippen molar-refractivity contribution in [3.63, 3.8) is 0 Å². The van der Waals surface area contributed by atoms with Gasteiger partial charge >= 0.3 is 0 Å². The Morgan fingerprint density at radius 3 is 2.57 bits per heavy atom. The van der Waals surface area contributed by atoms with Gasteiger partial charge in [-0.2, -0.15) is 12.6 Å². The summed E-state index contributed by atoms with van der Waals surface area (Å²) in [5, 5.41) is 12.0. The Balaban J connectivity index is 1.52. The number of carbonyl (C=O) groups excluding carboxylic acids is 1. The van der Waals surface area contributed by atoms with Gasteiger partial charge in [0.2, 0.25) is 0 Å². The SMILES string of the molecule is O=C1NC(O)C(Cc2ccc(OCC3(S)CCCCC3)cc2)S1. The lowest BCUT2D eigenvalue weighted by Gasteiger charge is -2.32. The molecule has 1 aromatic rings. The van der Waals surface area contributed by atoms with Crippen LogP contribution in [0, 0.1) is 0 Å². The van der Waals surface area contributed by atoms with Crippen molar-refractivity contribution in [2.75, 3.05) is 6.61 Å². The number of aliphatic hydroxyl groups is 1. The van der Waals surface area contributed by atoms with E-state index < -0.39 is 6.23 Å². The van der Waals surface area contributed by atoms with E-state index >= 15 is 0 Å². The minimum atomic E-state index is -0.765. The van der Waals surface area contributed by atoms with Crippen LogP contribution in [-0.4, -0.2) is 33.2 Å². The quantitative estimate of drug-likeness (QED) is 0.710. The van der Waals surface area contributed by atoms with Crippen molar-refractivity contribution in [2.45, 2.75) is 54.7 Å². The zero-order valence-electron chi connectivity index (χ0n) is 13.0. The van der Waals surface area contributed by atoms with Crippen molar-refractivity contribution in [3.8, 4) is 5.75 Å². The van der Waals surface area contributed by atoms with Gasteiger partial charge in [0, 0.05) is 4.75 Å². The van der Waals surface area contributed by atoms with Crippen LogP contribution < -0.4 is 10.1 Å². The van der Waals surface area contributed by atoms with Crippen molar-refractivity contribution in [1.29, 1.82) is 0 Å². The van der Waals surface area contributed by atoms with E-state index in [0.29, 0.717) is 13.0 Å². The number of benzene rings is 1. The highest BCUT2D eigenvalue weighted by molar-refractivity contribution is 8.14. The molecule has 4 nitrogen and oxygen atoms in total. The maximum absolute atomic E-state index is 11.2. The number of rotatable bonds is 5. The van der Waals surface area contributed by atoms with Gasteiger partial charge in [0.15, 0.2) is 0 Å². The van der Waals surface area contributed by atoms with E-state index in [2.05, 4.69) is 5.32 Å². The van der Waals surface area contributed by atoms with Crippen LogP contribution in [0.25, 0.3) is 0 Å². The number of thiol groups is 1. The Labute approximate surface area is 146 Å². The fraction of sp³-hybridized carbons (Fsp3) is 0.588. The Morgan fingerprint density at radius 2 is 1.96 bits per heavy atom. The lowest BCUT2D eigenvalue weighted by molar-refractivity contribution is 0.152. The smallest absolute Gasteiger partial charge is 0.281 e. The van der Waals surface area contributed by atoms with Crippen LogP contribution in [0.4, 0.5) is 4.79 Å². The molecule has 1 heterocycles. The predicted octanol–water partition coefficient (Wildman–Crippen LogP) is 3.38. The molecule has 2 atom stereocenters. The van der Waals surface area contributed by atoms with Gasteiger partial charge < -0.3 is 15.2 Å². The first-order valence-electron chi connectivity index (χ1n) is 8.13. The maximum atomic E-state index is 11.2. The molecule has 3 rings (SSSR count). The molecule has 2 fully saturated rings. The van der Waals surface area contributed by atoms with Crippen molar-refractivity contribution in [1.82, 2.24) is 5.32 Å². The summed E-state index contributed by atoms with van der Waals surface area (Å²) >= 11 is 5.96. The monoisotopic (exact) mass is 353 g/mol. The number of aliphatic hydroxyl groups excluding tert-OH is 1. The van der Waals surface area contributed by atoms with Crippen LogP contribution in [0.2, 0.25) is 0 Å². The number of carbonyl (C=O) groups is 1. The zero-order chi connectivity index (χ0) is 16.3. The number of hydrogen-bond acceptors (Lipinski definition) is 5. The fourth-order valence-electron chi connectivity index (χ4n) is 3.13. The van der Waals surface area contributed by atoms with Crippen LogP contribution in [-0.2, 0) is 6.42 Å². The van der Waals surface area contributed by atoms with Crippen LogP contribution in [0.3, 0.4) is 0 Å². The summed E-state index contributed by atoms with van der Waals surface area (Å²) in [5.41, 5.74) is 1.09. The van der Waals surface area contributed by atoms with Gasteiger partial charge in [0.1, 0.15) is 18.6 Å². The molecule has 2 aliphatic rings. The Hall–Kier alpha value is -0.850. The summed E-state index contributed by atoms with van der Waals surface area (Å²) < 4.78 is 5.92. The van der Waals surface area contributed by atoms with E-state index in [9.17, 15) is 9.90 Å². The summed E-state index contributed by atoms with van der Waals surface area (Å²) in [4.78, 5) is 11.2. The third kappa shape index (κ3) is 4.58. The minimum absolute atomic E-state index is 0.00749. The molecule has 1 aliphatic carbocycles. The Morgan fingerprint density at radius 1 is 1.26 bits per heavy atom. The normalized spacial score (nSPS) is 26.8. The highest BCUT2D eigenvalue weighted by atomic mass is 32.2. The molecular formula is C17H23NO3S2. The number of thioether (sulfide) groups is 1. The zero-order valence-corrected chi connectivity index (χ0v) is 14.7. The van der Waals surface area contributed by atoms with Crippen LogP contribution in [0.15, 0.2) is 24.3 Å². The number of amides is 1. The lowest BCUT2D eigenvalue weighted by atomic mass is 9.89. The van der Waals surface area contributed by atoms with Gasteiger partial charge in [-0.25, -0.2) is 0 Å². The molecule has 2 unspecified atom stereocenters. The van der Waals surface area contributed by atoms with Crippen molar-refractivity contribution in [2.24, 2.45) is 0 Å². The molecule has 1 aliphatic heterocycles. The second kappa shape index (κ2) is 7.36. The average Bonchev–Trinajstić information content (AvgIpc) is 2.85. The van der Waals surface area contributed by atoms with E-state index in [-0.39, 0.29) is 15.2 Å². The molecule has 23 heavy (non-hydrogen) atoms. The number of ether oxygens (including phenoxy) is 1. The molecule has 1 amide bonds. The number of nitrogens with one attached hydrogen (secondary N) is 1. The van der Waals surface area contributed by atoms with Gasteiger partial charge in [-0.15, -0.1) is 0 Å². The first-order chi connectivity index (χ1) is 11.0. The summed E-state index contributed by atoms with van der Waals surface area (Å²) in [6, 6.07) is 7.90. The van der Waals surface area contributed by atoms with Gasteiger partial charge in [0.25, 0.3) is 5.24 Å². The molecule has 1 aromatic carbocycles. The lowest BCUT2D eigenvalue weighted by Crippen LogP contribution is -2.32. The van der Waals surface area contributed by atoms with Crippen molar-refractivity contribution < 1.29 is 14.6 Å². The summed E-state index contributed by atoms with van der Waals surface area (Å²) in [6.45, 7) is 0.644. The molecule has 0 spiro atoms. The minimum Gasteiger partial charge on any atom is -0.492 e. The average molecular weight is 354 g/mol. The highest BCUT2D eigenvalue weighted by Gasteiger charge is 2.31. The summed E-state index contributed by atoms with van der Waals surface area (Å²) in [6.07, 6.45) is 5.90. The molecule has 1 saturated heterocycles. The van der Waals surface area contributed by atoms with Crippen molar-refractivity contribution in [3.05, 3.63) is 29.8 Å². The molecular weight excluding hydrogens is 330 g/mol. The topological polar surface area (TPSA) is 58.6 Å². The molecule has 0 aromatic heterocycles. The van der Waals surface area contributed by atoms with Gasteiger partial charge in [-0.1, -0.05) is 43.2 Å². The first kappa shape index (κ1) is 17.0. The Kier molecular flexibility index (Phi) is 5.44. The molecule has 6 heteroatoms. The van der Waals surface area contributed by atoms with Crippen LogP contribution in [0.1, 0.15) is 37.7 Å². The van der Waals surface area contributed by atoms with E-state index in [4.69, 9.17) is 17.4 Å². The largest absolute Gasteiger partial charge is 0.492 e. The first-order valence-corrected chi connectivity index (χ1v) is 9.46. The third-order valence-corrected chi connectivity index (χ3v) is 6.16. The summed E-state index contributed by atoms with van der Waals surface area (Å²) in [7, 11) is 0. The van der Waals surface area contributed by atoms with E-state index in [0.717, 1.165) is 35.9 Å². The molecule has 1 saturated carbocycles. The van der Waals surface area contributed by atoms with Crippen LogP contribution >= 0.6 is 24.4 Å². The number of hydrogen-bond donors (Lipinski definition) is 3. The Bertz CT molecular complexity index is 543. The molecule has 0 radical (unpaired) electrons. The molecule has 2 N–H and O–H groups in total. The maximum Gasteiger partial charge on any atom is 0.281 e. The second-order valence-corrected chi connectivity index (χ2v) is 8.62. The van der Waals surface area contributed by atoms with Gasteiger partial charge in [-0.3, -0.25) is 4.79 Å². The van der Waals surface area contributed by atoms with E-state index in [1.54, 1.807) is 0 Å². The standard InChI is InChI=1S/C17H23NO3S2/c19-15-14(23-16(20)18-15)10-12-4-6-13(7-5-12)21-11-17(22)8-2-1-3-9-17/h4-7,14-15,19,22H,1-3,8-11H2,(H,18,20). The molecule has 0 bridgehead atoms. The van der Waals surface area contributed by atoms with Crippen molar-refractivity contribution >= 4 is 29.6 Å². The third-order valence-electron chi connectivity index (χ3n) is 4.53. The van der Waals surface area contributed by atoms with Gasteiger partial charge in [0.05, 0.1) is 5.25 Å². The molecule has 126 valence electrons. The predicted molar refractivity (Wildman–Crippen MR) is 96.4 cm³/mol. The fourth-order valence-corrected chi connectivity index (χ4v) is 4.45. The summed E-state index contributed by atoms with van der Waals surface area (Å²) in [5.74, 6) is 0.849.